The van der Waals surface area contributed by atoms with Gasteiger partial charge in [0.05, 0.1) is 30.4 Å². The fourth-order valence-corrected chi connectivity index (χ4v) is 5.85. The van der Waals surface area contributed by atoms with Crippen LogP contribution in [0.3, 0.4) is 0 Å². The van der Waals surface area contributed by atoms with Crippen LogP contribution in [0.2, 0.25) is 5.02 Å². The average Bonchev–Trinajstić information content (AvgIpc) is 3.45. The molecule has 8 nitrogen and oxygen atoms in total. The molecule has 3 aromatic heterocycles. The number of pyridine rings is 1. The van der Waals surface area contributed by atoms with Crippen LogP contribution in [-0.4, -0.2) is 56.3 Å². The number of carboxylic acids is 1. The maximum atomic E-state index is 14.4. The molecule has 40 heavy (non-hydrogen) atoms. The first-order chi connectivity index (χ1) is 19.3. The third-order valence-corrected chi connectivity index (χ3v) is 8.34. The summed E-state index contributed by atoms with van der Waals surface area (Å²) in [4.78, 5) is 23.8. The molecule has 6 rings (SSSR count). The Morgan fingerprint density at radius 3 is 2.75 bits per heavy atom. The highest BCUT2D eigenvalue weighted by atomic mass is 35.5. The Hall–Kier alpha value is -3.38. The molecule has 0 saturated carbocycles. The third-order valence-electron chi connectivity index (χ3n) is 7.10. The van der Waals surface area contributed by atoms with Crippen LogP contribution in [0.15, 0.2) is 42.5 Å². The molecule has 0 spiro atoms. The van der Waals surface area contributed by atoms with E-state index in [0.717, 1.165) is 36.5 Å². The summed E-state index contributed by atoms with van der Waals surface area (Å²) in [6.07, 6.45) is 3.82. The molecule has 1 fully saturated rings. The molecule has 12 heteroatoms. The van der Waals surface area contributed by atoms with Gasteiger partial charge < -0.3 is 19.1 Å². The minimum absolute atomic E-state index is 0.106. The van der Waals surface area contributed by atoms with Crippen molar-refractivity contribution < 1.29 is 28.2 Å². The summed E-state index contributed by atoms with van der Waals surface area (Å²) in [5.41, 5.74) is 2.66. The lowest BCUT2D eigenvalue weighted by atomic mass is 10.0. The van der Waals surface area contributed by atoms with Gasteiger partial charge >= 0.3 is 5.97 Å². The number of fused-ring (bicyclic) bond motifs is 1. The second-order valence-corrected chi connectivity index (χ2v) is 11.2. The number of rotatable bonds is 9. The lowest BCUT2D eigenvalue weighted by molar-refractivity contribution is -0.0591. The molecule has 0 radical (unpaired) electrons. The summed E-state index contributed by atoms with van der Waals surface area (Å²) in [5.74, 6) is -1.41. The van der Waals surface area contributed by atoms with E-state index in [1.165, 1.54) is 29.5 Å². The lowest BCUT2D eigenvalue weighted by Gasteiger charge is -2.29. The van der Waals surface area contributed by atoms with Gasteiger partial charge in [-0.1, -0.05) is 23.7 Å². The van der Waals surface area contributed by atoms with E-state index < -0.39 is 17.6 Å². The molecule has 2 aliphatic rings. The summed E-state index contributed by atoms with van der Waals surface area (Å²) < 4.78 is 41.7. The number of thiophene rings is 1. The monoisotopic (exact) mass is 586 g/mol. The molecule has 0 aliphatic carbocycles. The molecule has 1 unspecified atom stereocenters. The number of hydrogen-bond acceptors (Lipinski definition) is 7. The molecule has 208 valence electrons. The van der Waals surface area contributed by atoms with Crippen LogP contribution in [0.1, 0.15) is 39.6 Å². The summed E-state index contributed by atoms with van der Waals surface area (Å²) in [7, 11) is 0. The highest BCUT2D eigenvalue weighted by molar-refractivity contribution is 7.20. The number of halogens is 3. The Morgan fingerprint density at radius 1 is 1.20 bits per heavy atom. The van der Waals surface area contributed by atoms with Crippen LogP contribution < -0.4 is 4.74 Å². The first-order valence-corrected chi connectivity index (χ1v) is 14.0. The number of carbonyl (C=O) groups is 1. The predicted octanol–water partition coefficient (Wildman–Crippen LogP) is 5.78. The SMILES string of the molecule is O=C(O)c1cc2c(nc(CN3CC=C(c4ccc(F)c(OCc5ccc(Cl)cc5F)n4)CC3)n2CC2CCO2)s1. The smallest absolute Gasteiger partial charge is 0.346 e. The van der Waals surface area contributed by atoms with Gasteiger partial charge in [0.1, 0.15) is 28.0 Å². The third kappa shape index (κ3) is 5.60. The Morgan fingerprint density at radius 2 is 2.05 bits per heavy atom. The zero-order chi connectivity index (χ0) is 27.8. The molecular formula is C28H25ClF2N4O4S. The molecule has 1 saturated heterocycles. The van der Waals surface area contributed by atoms with E-state index in [9.17, 15) is 18.7 Å². The van der Waals surface area contributed by atoms with Crippen LogP contribution in [-0.2, 0) is 24.4 Å². The predicted molar refractivity (Wildman–Crippen MR) is 147 cm³/mol. The van der Waals surface area contributed by atoms with Gasteiger partial charge in [0, 0.05) is 30.3 Å². The van der Waals surface area contributed by atoms with Gasteiger partial charge in [0.15, 0.2) is 5.82 Å². The second kappa shape index (κ2) is 11.2. The number of benzene rings is 1. The Balaban J connectivity index is 1.15. The van der Waals surface area contributed by atoms with Crippen LogP contribution >= 0.6 is 22.9 Å². The van der Waals surface area contributed by atoms with Crippen molar-refractivity contribution in [3.63, 3.8) is 0 Å². The quantitative estimate of drug-likeness (QED) is 0.266. The van der Waals surface area contributed by atoms with Crippen molar-refractivity contribution in [1.29, 1.82) is 0 Å². The number of ether oxygens (including phenoxy) is 2. The fourth-order valence-electron chi connectivity index (χ4n) is 4.80. The van der Waals surface area contributed by atoms with Crippen molar-refractivity contribution >= 4 is 44.8 Å². The van der Waals surface area contributed by atoms with Gasteiger partial charge in [-0.3, -0.25) is 4.90 Å². The molecule has 1 aromatic carbocycles. The maximum absolute atomic E-state index is 14.4. The first kappa shape index (κ1) is 26.8. The maximum Gasteiger partial charge on any atom is 0.346 e. The van der Waals surface area contributed by atoms with E-state index in [1.807, 2.05) is 0 Å². The largest absolute Gasteiger partial charge is 0.477 e. The molecule has 5 heterocycles. The Bertz CT molecular complexity index is 1620. The minimum atomic E-state index is -0.954. The van der Waals surface area contributed by atoms with E-state index in [1.54, 1.807) is 18.2 Å². The van der Waals surface area contributed by atoms with E-state index >= 15 is 0 Å². The molecule has 0 bridgehead atoms. The zero-order valence-corrected chi connectivity index (χ0v) is 22.9. The second-order valence-electron chi connectivity index (χ2n) is 9.75. The summed E-state index contributed by atoms with van der Waals surface area (Å²) in [5, 5.41) is 9.67. The standard InChI is InChI=1S/C28H25ClF2N4O4S/c29-18-2-1-17(21(31)11-18)15-39-26-20(30)3-4-22(32-26)16-5-8-34(9-6-16)14-25-33-27-23(12-24(40-27)28(36)37)35(25)13-19-7-10-38-19/h1-5,11-12,19H,6-10,13-15H2,(H,36,37). The molecule has 4 aromatic rings. The van der Waals surface area contributed by atoms with Crippen molar-refractivity contribution in [2.24, 2.45) is 0 Å². The van der Waals surface area contributed by atoms with Crippen molar-refractivity contribution in [2.45, 2.75) is 38.6 Å². The average molecular weight is 587 g/mol. The van der Waals surface area contributed by atoms with E-state index in [4.69, 9.17) is 26.1 Å². The lowest BCUT2D eigenvalue weighted by Crippen LogP contribution is -2.33. The van der Waals surface area contributed by atoms with Gasteiger partial charge in [0.2, 0.25) is 0 Å². The van der Waals surface area contributed by atoms with E-state index in [-0.39, 0.29) is 34.1 Å². The van der Waals surface area contributed by atoms with Crippen LogP contribution in [0, 0.1) is 11.6 Å². The van der Waals surface area contributed by atoms with Crippen molar-refractivity contribution in [3.8, 4) is 5.88 Å². The summed E-state index contributed by atoms with van der Waals surface area (Å²) in [6.45, 7) is 3.17. The highest BCUT2D eigenvalue weighted by Crippen LogP contribution is 2.30. The number of aromatic nitrogens is 3. The summed E-state index contributed by atoms with van der Waals surface area (Å²) >= 11 is 6.97. The van der Waals surface area contributed by atoms with Gasteiger partial charge in [-0.15, -0.1) is 11.3 Å². The van der Waals surface area contributed by atoms with E-state index in [2.05, 4.69) is 20.5 Å². The zero-order valence-electron chi connectivity index (χ0n) is 21.3. The molecule has 1 N–H and O–H groups in total. The van der Waals surface area contributed by atoms with Gasteiger partial charge in [-0.2, -0.15) is 0 Å². The molecule has 0 amide bonds. The van der Waals surface area contributed by atoms with Gasteiger partial charge in [-0.25, -0.2) is 23.5 Å². The topological polar surface area (TPSA) is 89.7 Å². The fraction of sp³-hybridized carbons (Fsp3) is 0.321. The molecule has 2 aliphatic heterocycles. The van der Waals surface area contributed by atoms with E-state index in [0.29, 0.717) is 36.6 Å². The Kier molecular flexibility index (Phi) is 7.54. The Labute approximate surface area is 237 Å². The van der Waals surface area contributed by atoms with Crippen molar-refractivity contribution in [1.82, 2.24) is 19.4 Å². The number of aromatic carboxylic acids is 1. The van der Waals surface area contributed by atoms with Crippen LogP contribution in [0.5, 0.6) is 5.88 Å². The molecule has 1 atom stereocenters. The van der Waals surface area contributed by atoms with Gasteiger partial charge in [-0.05, 0) is 48.7 Å². The van der Waals surface area contributed by atoms with Crippen molar-refractivity contribution in [2.75, 3.05) is 19.7 Å². The molecular weight excluding hydrogens is 562 g/mol. The van der Waals surface area contributed by atoms with Crippen molar-refractivity contribution in [3.05, 3.63) is 81.1 Å². The number of hydrogen-bond donors (Lipinski definition) is 1. The number of nitrogens with zero attached hydrogens (tertiary/aromatic N) is 4. The number of imidazole rings is 1. The normalized spacial score (nSPS) is 17.6. The van der Waals surface area contributed by atoms with Crippen LogP contribution in [0.25, 0.3) is 15.9 Å². The van der Waals surface area contributed by atoms with Gasteiger partial charge in [0.25, 0.3) is 5.88 Å². The minimum Gasteiger partial charge on any atom is -0.477 e. The summed E-state index contributed by atoms with van der Waals surface area (Å²) in [6, 6.07) is 8.84. The number of carboxylic acid groups (broad SMARTS) is 1. The van der Waals surface area contributed by atoms with Crippen LogP contribution in [0.4, 0.5) is 8.78 Å². The first-order valence-electron chi connectivity index (χ1n) is 12.8. The highest BCUT2D eigenvalue weighted by Gasteiger charge is 2.25.